The van der Waals surface area contributed by atoms with Gasteiger partial charge in [-0.2, -0.15) is 0 Å². The minimum absolute atomic E-state index is 0.0856. The van der Waals surface area contributed by atoms with Crippen LogP contribution in [0.4, 0.5) is 18.3 Å². The lowest BCUT2D eigenvalue weighted by Gasteiger charge is -2.09. The van der Waals surface area contributed by atoms with Gasteiger partial charge < -0.3 is 10.1 Å². The average molecular weight is 345 g/mol. The summed E-state index contributed by atoms with van der Waals surface area (Å²) in [7, 11) is 0. The first-order chi connectivity index (χ1) is 10.9. The molecule has 0 aliphatic rings. The Labute approximate surface area is 134 Å². The van der Waals surface area contributed by atoms with Crippen LogP contribution >= 0.6 is 11.3 Å². The molecule has 2 aromatic rings. The van der Waals surface area contributed by atoms with E-state index < -0.39 is 6.36 Å². The zero-order valence-corrected chi connectivity index (χ0v) is 13.0. The zero-order valence-electron chi connectivity index (χ0n) is 12.2. The van der Waals surface area contributed by atoms with Crippen molar-refractivity contribution in [2.75, 3.05) is 5.32 Å². The second-order valence-electron chi connectivity index (χ2n) is 4.67. The molecule has 0 saturated carbocycles. The fourth-order valence-corrected chi connectivity index (χ4v) is 2.68. The minimum atomic E-state index is -4.76. The second-order valence-corrected chi connectivity index (χ2v) is 5.73. The van der Waals surface area contributed by atoms with E-state index in [0.717, 1.165) is 17.8 Å². The number of hydrogen-bond donors (Lipinski definition) is 1. The van der Waals surface area contributed by atoms with Crippen molar-refractivity contribution in [2.45, 2.75) is 32.5 Å². The fraction of sp³-hybridized carbons (Fsp3) is 0.357. The third kappa shape index (κ3) is 5.85. The highest BCUT2D eigenvalue weighted by Crippen LogP contribution is 2.23. The predicted octanol–water partition coefficient (Wildman–Crippen LogP) is 3.57. The molecule has 0 bridgehead atoms. The summed E-state index contributed by atoms with van der Waals surface area (Å²) in [4.78, 5) is 11.9. The Hall–Kier alpha value is -2.16. The van der Waals surface area contributed by atoms with Crippen LogP contribution in [0.3, 0.4) is 0 Å². The van der Waals surface area contributed by atoms with Gasteiger partial charge in [0.1, 0.15) is 10.8 Å². The van der Waals surface area contributed by atoms with Crippen LogP contribution in [-0.2, 0) is 17.6 Å². The fourth-order valence-electron chi connectivity index (χ4n) is 1.82. The molecule has 1 aromatic carbocycles. The van der Waals surface area contributed by atoms with Crippen LogP contribution in [0.1, 0.15) is 23.9 Å². The van der Waals surface area contributed by atoms with E-state index in [1.807, 2.05) is 6.92 Å². The predicted molar refractivity (Wildman–Crippen MR) is 79.4 cm³/mol. The lowest BCUT2D eigenvalue weighted by Crippen LogP contribution is -2.17. The van der Waals surface area contributed by atoms with Gasteiger partial charge in [-0.05, 0) is 24.1 Å². The van der Waals surface area contributed by atoms with Gasteiger partial charge in [0.15, 0.2) is 0 Å². The van der Waals surface area contributed by atoms with Crippen molar-refractivity contribution in [2.24, 2.45) is 0 Å². The number of nitrogens with one attached hydrogen (secondary N) is 1. The number of aryl methyl sites for hydroxylation is 1. The number of carbonyl (C=O) groups is 1. The first-order valence-corrected chi connectivity index (χ1v) is 7.64. The smallest absolute Gasteiger partial charge is 0.406 e. The van der Waals surface area contributed by atoms with Crippen LogP contribution in [0.5, 0.6) is 5.75 Å². The number of nitrogens with zero attached hydrogens (tertiary/aromatic N) is 2. The van der Waals surface area contributed by atoms with Crippen molar-refractivity contribution in [1.82, 2.24) is 10.2 Å². The van der Waals surface area contributed by atoms with Crippen LogP contribution in [0.15, 0.2) is 24.3 Å². The molecular formula is C14H14F3N3O2S. The van der Waals surface area contributed by atoms with Crippen LogP contribution < -0.4 is 10.1 Å². The molecule has 0 atom stereocenters. The summed E-state index contributed by atoms with van der Waals surface area (Å²) in [6.45, 7) is 2.01. The number of amides is 1. The molecule has 1 heterocycles. The number of anilines is 1. The summed E-state index contributed by atoms with van der Waals surface area (Å²) >= 11 is 1.28. The normalized spacial score (nSPS) is 11.3. The zero-order chi connectivity index (χ0) is 16.9. The van der Waals surface area contributed by atoms with E-state index in [4.69, 9.17) is 0 Å². The molecular weight excluding hydrogens is 331 g/mol. The Bertz CT molecular complexity index is 673. The SMILES string of the molecule is CCCc1nnc(NC(=O)Cc2cccc(OC(F)(F)F)c2)s1. The maximum atomic E-state index is 12.2. The van der Waals surface area contributed by atoms with E-state index in [0.29, 0.717) is 10.7 Å². The Kier molecular flexibility index (Phi) is 5.54. The van der Waals surface area contributed by atoms with Gasteiger partial charge in [-0.25, -0.2) is 0 Å². The molecule has 0 radical (unpaired) electrons. The molecule has 9 heteroatoms. The third-order valence-electron chi connectivity index (χ3n) is 2.67. The molecule has 2 rings (SSSR count). The van der Waals surface area contributed by atoms with Gasteiger partial charge in [0.25, 0.3) is 0 Å². The highest BCUT2D eigenvalue weighted by Gasteiger charge is 2.31. The Balaban J connectivity index is 1.95. The molecule has 5 nitrogen and oxygen atoms in total. The third-order valence-corrected chi connectivity index (χ3v) is 3.57. The summed E-state index contributed by atoms with van der Waals surface area (Å²) in [6, 6.07) is 5.30. The lowest BCUT2D eigenvalue weighted by atomic mass is 10.1. The quantitative estimate of drug-likeness (QED) is 0.869. The summed E-state index contributed by atoms with van der Waals surface area (Å²) in [5.41, 5.74) is 0.405. The molecule has 124 valence electrons. The van der Waals surface area contributed by atoms with Gasteiger partial charge in [0, 0.05) is 6.42 Å². The number of rotatable bonds is 6. The van der Waals surface area contributed by atoms with Crippen LogP contribution in [-0.4, -0.2) is 22.5 Å². The monoisotopic (exact) mass is 345 g/mol. The van der Waals surface area contributed by atoms with E-state index in [1.54, 1.807) is 6.07 Å². The first-order valence-electron chi connectivity index (χ1n) is 6.82. The summed E-state index contributed by atoms with van der Waals surface area (Å²) < 4.78 is 40.3. The number of halogens is 3. The molecule has 1 aromatic heterocycles. The maximum absolute atomic E-state index is 12.2. The molecule has 0 aliphatic heterocycles. The molecule has 0 unspecified atom stereocenters. The van der Waals surface area contributed by atoms with Crippen molar-refractivity contribution >= 4 is 22.4 Å². The van der Waals surface area contributed by atoms with E-state index in [-0.39, 0.29) is 18.1 Å². The average Bonchev–Trinajstić information content (AvgIpc) is 2.84. The van der Waals surface area contributed by atoms with Crippen LogP contribution in [0, 0.1) is 0 Å². The molecule has 0 spiro atoms. The molecule has 0 aliphatic carbocycles. The van der Waals surface area contributed by atoms with Gasteiger partial charge in [-0.3, -0.25) is 4.79 Å². The van der Waals surface area contributed by atoms with Gasteiger partial charge in [-0.1, -0.05) is 30.4 Å². The minimum Gasteiger partial charge on any atom is -0.406 e. The number of aromatic nitrogens is 2. The van der Waals surface area contributed by atoms with Crippen molar-refractivity contribution in [3.8, 4) is 5.75 Å². The number of hydrogen-bond acceptors (Lipinski definition) is 5. The molecule has 23 heavy (non-hydrogen) atoms. The topological polar surface area (TPSA) is 64.1 Å². The number of carbonyl (C=O) groups excluding carboxylic acids is 1. The Morgan fingerprint density at radius 3 is 2.83 bits per heavy atom. The van der Waals surface area contributed by atoms with Gasteiger partial charge in [0.05, 0.1) is 6.42 Å². The van der Waals surface area contributed by atoms with E-state index in [9.17, 15) is 18.0 Å². The molecule has 1 N–H and O–H groups in total. The standard InChI is InChI=1S/C14H14F3N3O2S/c1-2-4-12-19-20-13(23-12)18-11(21)8-9-5-3-6-10(7-9)22-14(15,16)17/h3,5-7H,2,4,8H2,1H3,(H,18,20,21). The molecule has 0 saturated heterocycles. The number of ether oxygens (including phenoxy) is 1. The van der Waals surface area contributed by atoms with Crippen molar-refractivity contribution in [1.29, 1.82) is 0 Å². The van der Waals surface area contributed by atoms with Crippen molar-refractivity contribution in [3.63, 3.8) is 0 Å². The lowest BCUT2D eigenvalue weighted by molar-refractivity contribution is -0.274. The Morgan fingerprint density at radius 1 is 1.35 bits per heavy atom. The highest BCUT2D eigenvalue weighted by atomic mass is 32.1. The number of benzene rings is 1. The summed E-state index contributed by atoms with van der Waals surface area (Å²) in [5, 5.41) is 11.6. The number of alkyl halides is 3. The van der Waals surface area contributed by atoms with Crippen LogP contribution in [0.25, 0.3) is 0 Å². The van der Waals surface area contributed by atoms with Crippen molar-refractivity contribution in [3.05, 3.63) is 34.8 Å². The second kappa shape index (κ2) is 7.40. The molecule has 1 amide bonds. The van der Waals surface area contributed by atoms with E-state index in [2.05, 4.69) is 20.3 Å². The van der Waals surface area contributed by atoms with Crippen molar-refractivity contribution < 1.29 is 22.7 Å². The maximum Gasteiger partial charge on any atom is 0.573 e. The summed E-state index contributed by atoms with van der Waals surface area (Å²) in [5.74, 6) is -0.739. The summed E-state index contributed by atoms with van der Waals surface area (Å²) in [6.07, 6.45) is -3.14. The van der Waals surface area contributed by atoms with Gasteiger partial charge in [0.2, 0.25) is 11.0 Å². The highest BCUT2D eigenvalue weighted by molar-refractivity contribution is 7.15. The van der Waals surface area contributed by atoms with E-state index in [1.165, 1.54) is 29.5 Å². The van der Waals surface area contributed by atoms with Crippen LogP contribution in [0.2, 0.25) is 0 Å². The Morgan fingerprint density at radius 2 is 2.13 bits per heavy atom. The van der Waals surface area contributed by atoms with Gasteiger partial charge in [-0.15, -0.1) is 23.4 Å². The molecule has 0 fully saturated rings. The van der Waals surface area contributed by atoms with Gasteiger partial charge >= 0.3 is 6.36 Å². The first kappa shape index (κ1) is 17.2. The largest absolute Gasteiger partial charge is 0.573 e. The van der Waals surface area contributed by atoms with E-state index >= 15 is 0 Å².